The Bertz CT molecular complexity index is 769. The lowest BCUT2D eigenvalue weighted by atomic mass is 9.92. The summed E-state index contributed by atoms with van der Waals surface area (Å²) in [6.07, 6.45) is 0.845. The van der Waals surface area contributed by atoms with Crippen molar-refractivity contribution in [1.29, 1.82) is 0 Å². The van der Waals surface area contributed by atoms with Crippen molar-refractivity contribution in [2.24, 2.45) is 5.41 Å². The summed E-state index contributed by atoms with van der Waals surface area (Å²) in [7, 11) is 0. The highest BCUT2D eigenvalue weighted by atomic mass is 32.2. The van der Waals surface area contributed by atoms with Crippen molar-refractivity contribution >= 4 is 29.1 Å². The molecule has 1 aromatic heterocycles. The Hall–Kier alpha value is -1.52. The van der Waals surface area contributed by atoms with Gasteiger partial charge in [0.15, 0.2) is 15.9 Å². The highest BCUT2D eigenvalue weighted by Gasteiger charge is 2.41. The van der Waals surface area contributed by atoms with Crippen molar-refractivity contribution in [3.8, 4) is 0 Å². The molecule has 1 heterocycles. The van der Waals surface area contributed by atoms with Gasteiger partial charge in [0, 0.05) is 24.0 Å². The molecule has 1 aromatic rings. The van der Waals surface area contributed by atoms with E-state index in [1.165, 1.54) is 35.4 Å². The molecular formula is C18H22F3NO4S2. The molecular weight excluding hydrogens is 415 g/mol. The minimum absolute atomic E-state index is 0.0207. The van der Waals surface area contributed by atoms with Crippen LogP contribution in [-0.2, 0) is 0 Å². The number of carbonyl (C=O) groups is 1. The second-order valence-corrected chi connectivity index (χ2v) is 9.44. The third-order valence-corrected chi connectivity index (χ3v) is 6.57. The minimum atomic E-state index is -2.39. The Morgan fingerprint density at radius 1 is 1.39 bits per heavy atom. The summed E-state index contributed by atoms with van der Waals surface area (Å²) in [5.41, 5.74) is -1.66. The van der Waals surface area contributed by atoms with Crippen LogP contribution in [0.15, 0.2) is 33.5 Å². The van der Waals surface area contributed by atoms with Crippen LogP contribution >= 0.6 is 23.1 Å². The normalized spacial score (nSPS) is 17.8. The van der Waals surface area contributed by atoms with Crippen LogP contribution in [0.5, 0.6) is 0 Å². The smallest absolute Gasteiger partial charge is 0.355 e. The lowest BCUT2D eigenvalue weighted by Gasteiger charge is -2.23. The molecule has 0 radical (unpaired) electrons. The zero-order valence-electron chi connectivity index (χ0n) is 15.3. The second kappa shape index (κ2) is 9.32. The fraction of sp³-hybridized carbons (Fsp3) is 0.556. The molecule has 0 bridgehead atoms. The number of carboxylic acid groups (broad SMARTS) is 1. The summed E-state index contributed by atoms with van der Waals surface area (Å²) in [5, 5.41) is 30.7. The Balaban J connectivity index is 1.83. The molecule has 0 spiro atoms. The molecule has 1 saturated carbocycles. The molecule has 3 N–H and O–H groups in total. The van der Waals surface area contributed by atoms with E-state index in [9.17, 15) is 28.2 Å². The van der Waals surface area contributed by atoms with Gasteiger partial charge in [-0.3, -0.25) is 0 Å². The van der Waals surface area contributed by atoms with E-state index in [1.54, 1.807) is 6.08 Å². The largest absolute Gasteiger partial charge is 0.513 e. The van der Waals surface area contributed by atoms with E-state index >= 15 is 0 Å². The molecule has 28 heavy (non-hydrogen) atoms. The number of aliphatic hydroxyl groups excluding tert-OH is 1. The summed E-state index contributed by atoms with van der Waals surface area (Å²) in [6, 6.07) is 0. The van der Waals surface area contributed by atoms with Crippen LogP contribution < -0.4 is 0 Å². The number of hydrogen-bond acceptors (Lipinski definition) is 6. The number of aromatic carboxylic acids is 1. The third kappa shape index (κ3) is 7.14. The predicted octanol–water partition coefficient (Wildman–Crippen LogP) is 5.54. The summed E-state index contributed by atoms with van der Waals surface area (Å²) in [5.74, 6) is -1.96. The zero-order valence-corrected chi connectivity index (χ0v) is 16.9. The zero-order chi connectivity index (χ0) is 20.9. The van der Waals surface area contributed by atoms with E-state index in [0.29, 0.717) is 10.1 Å². The number of nitrogens with zero attached hydrogens (tertiary/aromatic N) is 1. The third-order valence-electron chi connectivity index (χ3n) is 4.54. The molecule has 1 aliphatic rings. The van der Waals surface area contributed by atoms with E-state index in [-0.39, 0.29) is 29.7 Å². The first-order chi connectivity index (χ1) is 13.0. The van der Waals surface area contributed by atoms with Gasteiger partial charge < -0.3 is 15.3 Å². The van der Waals surface area contributed by atoms with Crippen molar-refractivity contribution in [3.63, 3.8) is 0 Å². The van der Waals surface area contributed by atoms with Crippen molar-refractivity contribution in [1.82, 2.24) is 4.98 Å². The number of hydrogen-bond donors (Lipinski definition) is 3. The van der Waals surface area contributed by atoms with Gasteiger partial charge in [0.25, 0.3) is 0 Å². The Morgan fingerprint density at radius 3 is 2.61 bits per heavy atom. The van der Waals surface area contributed by atoms with Gasteiger partial charge in [-0.15, -0.1) is 11.3 Å². The lowest BCUT2D eigenvalue weighted by molar-refractivity contribution is 0.0392. The SMILES string of the molecule is C[C@](O)(CCC(F)=C(F)F)C/C(O)=C/C1(CCSc2nc(C(=O)O)cs2)CC1. The Labute approximate surface area is 169 Å². The topological polar surface area (TPSA) is 90.7 Å². The number of rotatable bonds is 11. The molecule has 1 aliphatic carbocycles. The van der Waals surface area contributed by atoms with Gasteiger partial charge in [0.1, 0.15) is 0 Å². The summed E-state index contributed by atoms with van der Waals surface area (Å²) in [6.45, 7) is 1.37. The molecule has 0 amide bonds. The van der Waals surface area contributed by atoms with Gasteiger partial charge in [0.05, 0.1) is 11.4 Å². The molecule has 5 nitrogen and oxygen atoms in total. The lowest BCUT2D eigenvalue weighted by Crippen LogP contribution is -2.25. The van der Waals surface area contributed by atoms with Crippen molar-refractivity contribution in [2.45, 2.75) is 55.4 Å². The molecule has 0 aliphatic heterocycles. The number of halogens is 3. The first-order valence-electron chi connectivity index (χ1n) is 8.66. The summed E-state index contributed by atoms with van der Waals surface area (Å²) < 4.78 is 37.8. The molecule has 0 aromatic carbocycles. The highest BCUT2D eigenvalue weighted by molar-refractivity contribution is 8.01. The van der Waals surface area contributed by atoms with Crippen LogP contribution in [0.25, 0.3) is 0 Å². The van der Waals surface area contributed by atoms with Crippen molar-refractivity contribution < 1.29 is 33.3 Å². The number of allylic oxidation sites excluding steroid dienone is 2. The fourth-order valence-corrected chi connectivity index (χ4v) is 4.78. The second-order valence-electron chi connectivity index (χ2n) is 7.24. The van der Waals surface area contributed by atoms with Gasteiger partial charge >= 0.3 is 12.0 Å². The monoisotopic (exact) mass is 437 g/mol. The van der Waals surface area contributed by atoms with E-state index in [4.69, 9.17) is 5.11 Å². The quantitative estimate of drug-likeness (QED) is 0.311. The number of thioether (sulfide) groups is 1. The van der Waals surface area contributed by atoms with Gasteiger partial charge in [-0.1, -0.05) is 11.8 Å². The van der Waals surface area contributed by atoms with E-state index in [0.717, 1.165) is 19.3 Å². The average molecular weight is 438 g/mol. The Morgan fingerprint density at radius 2 is 2.07 bits per heavy atom. The molecule has 10 heteroatoms. The van der Waals surface area contributed by atoms with Crippen LogP contribution in [0, 0.1) is 5.41 Å². The van der Waals surface area contributed by atoms with Gasteiger partial charge in [0.2, 0.25) is 0 Å². The summed E-state index contributed by atoms with van der Waals surface area (Å²) in [4.78, 5) is 14.8. The van der Waals surface area contributed by atoms with Crippen LogP contribution in [0.4, 0.5) is 13.2 Å². The minimum Gasteiger partial charge on any atom is -0.513 e. The molecule has 1 atom stereocenters. The summed E-state index contributed by atoms with van der Waals surface area (Å²) >= 11 is 2.71. The van der Waals surface area contributed by atoms with Crippen molar-refractivity contribution in [3.05, 3.63) is 34.8 Å². The molecule has 0 unspecified atom stereocenters. The van der Waals surface area contributed by atoms with E-state index in [1.807, 2.05) is 0 Å². The molecule has 1 fully saturated rings. The maximum Gasteiger partial charge on any atom is 0.355 e. The highest BCUT2D eigenvalue weighted by Crippen LogP contribution is 2.52. The average Bonchev–Trinajstić information content (AvgIpc) is 3.16. The number of thiazole rings is 1. The van der Waals surface area contributed by atoms with Crippen LogP contribution in [0.3, 0.4) is 0 Å². The Kier molecular flexibility index (Phi) is 7.58. The van der Waals surface area contributed by atoms with E-state index in [2.05, 4.69) is 4.98 Å². The van der Waals surface area contributed by atoms with Gasteiger partial charge in [-0.25, -0.2) is 14.2 Å². The predicted molar refractivity (Wildman–Crippen MR) is 102 cm³/mol. The molecule has 0 saturated heterocycles. The van der Waals surface area contributed by atoms with Crippen LogP contribution in [-0.4, -0.2) is 37.6 Å². The van der Waals surface area contributed by atoms with Gasteiger partial charge in [-0.05, 0) is 44.1 Å². The number of aromatic nitrogens is 1. The molecule has 156 valence electrons. The van der Waals surface area contributed by atoms with E-state index < -0.39 is 29.9 Å². The van der Waals surface area contributed by atoms with Gasteiger partial charge in [-0.2, -0.15) is 8.78 Å². The maximum absolute atomic E-state index is 12.9. The first-order valence-corrected chi connectivity index (χ1v) is 10.5. The fourth-order valence-electron chi connectivity index (χ4n) is 2.75. The number of aliphatic hydroxyl groups is 2. The number of carboxylic acids is 1. The maximum atomic E-state index is 12.9. The molecule has 2 rings (SSSR count). The van der Waals surface area contributed by atoms with Crippen LogP contribution in [0.2, 0.25) is 0 Å². The standard InChI is InChI=1S/C18H22F3NO4S2/c1-17(26,3-2-12(19)14(20)21)8-11(23)9-18(4-5-18)6-7-27-16-22-13(10-28-16)15(24)25/h9-10,23,26H,2-8H2,1H3,(H,24,25)/b11-9-/t17-/m0/s1. The van der Waals surface area contributed by atoms with Crippen LogP contribution in [0.1, 0.15) is 55.9 Å². The first kappa shape index (κ1) is 22.8. The van der Waals surface area contributed by atoms with Crippen molar-refractivity contribution in [2.75, 3.05) is 5.75 Å².